The van der Waals surface area contributed by atoms with Gasteiger partial charge in [-0.25, -0.2) is 9.18 Å². The maximum absolute atomic E-state index is 13.1. The Balaban J connectivity index is 1.63. The van der Waals surface area contributed by atoms with Gasteiger partial charge in [0.05, 0.1) is 18.2 Å². The first-order chi connectivity index (χ1) is 14.9. The molecule has 0 atom stereocenters. The molecule has 0 fully saturated rings. The number of ketones is 1. The first-order valence-corrected chi connectivity index (χ1v) is 10.0. The lowest BCUT2D eigenvalue weighted by atomic mass is 10.0. The fourth-order valence-corrected chi connectivity index (χ4v) is 3.63. The topological polar surface area (TPSA) is 61.8 Å². The minimum Gasteiger partial charge on any atom is -0.496 e. The summed E-state index contributed by atoms with van der Waals surface area (Å²) in [5.41, 5.74) is 1.89. The molecule has 0 saturated heterocycles. The molecular formula is C24H16BrFO5. The van der Waals surface area contributed by atoms with Crippen LogP contribution in [0.3, 0.4) is 0 Å². The number of ether oxygens (including phenoxy) is 3. The van der Waals surface area contributed by atoms with Crippen molar-refractivity contribution in [2.45, 2.75) is 6.92 Å². The highest BCUT2D eigenvalue weighted by Gasteiger charge is 2.30. The number of halogens is 2. The Hall–Kier alpha value is -3.45. The molecule has 0 N–H and O–H groups in total. The zero-order valence-corrected chi connectivity index (χ0v) is 18.2. The third kappa shape index (κ3) is 4.22. The normalized spacial score (nSPS) is 13.7. The number of allylic oxidation sites excluding steroid dienone is 1. The number of hydrogen-bond donors (Lipinski definition) is 0. The van der Waals surface area contributed by atoms with Gasteiger partial charge in [-0.15, -0.1) is 0 Å². The van der Waals surface area contributed by atoms with Gasteiger partial charge in [-0.3, -0.25) is 4.79 Å². The summed E-state index contributed by atoms with van der Waals surface area (Å²) in [5.74, 6) is -0.112. The van der Waals surface area contributed by atoms with Crippen LogP contribution in [-0.2, 0) is 0 Å². The number of esters is 1. The molecule has 31 heavy (non-hydrogen) atoms. The van der Waals surface area contributed by atoms with E-state index in [9.17, 15) is 14.0 Å². The van der Waals surface area contributed by atoms with Crippen LogP contribution < -0.4 is 14.2 Å². The molecule has 0 bridgehead atoms. The van der Waals surface area contributed by atoms with E-state index in [1.165, 1.54) is 30.3 Å². The van der Waals surface area contributed by atoms with E-state index >= 15 is 0 Å². The maximum Gasteiger partial charge on any atom is 0.343 e. The molecule has 5 nitrogen and oxygen atoms in total. The Morgan fingerprint density at radius 2 is 1.84 bits per heavy atom. The minimum atomic E-state index is -0.640. The Morgan fingerprint density at radius 3 is 2.55 bits per heavy atom. The zero-order valence-electron chi connectivity index (χ0n) is 16.6. The van der Waals surface area contributed by atoms with Gasteiger partial charge in [-0.05, 0) is 67.1 Å². The molecule has 0 aliphatic carbocycles. The third-order valence-electron chi connectivity index (χ3n) is 4.71. The first kappa shape index (κ1) is 20.8. The van der Waals surface area contributed by atoms with Gasteiger partial charge >= 0.3 is 5.97 Å². The number of rotatable bonds is 4. The number of Topliss-reactive ketones (excluding diaryl/α,β-unsaturated/α-hetero) is 1. The Kier molecular flexibility index (Phi) is 5.61. The molecular weight excluding hydrogens is 467 g/mol. The Labute approximate surface area is 186 Å². The van der Waals surface area contributed by atoms with Crippen LogP contribution in [0.2, 0.25) is 0 Å². The van der Waals surface area contributed by atoms with E-state index in [0.717, 1.165) is 4.47 Å². The zero-order chi connectivity index (χ0) is 22.1. The average molecular weight is 483 g/mol. The highest BCUT2D eigenvalue weighted by molar-refractivity contribution is 9.10. The smallest absolute Gasteiger partial charge is 0.343 e. The lowest BCUT2D eigenvalue weighted by Crippen LogP contribution is -2.08. The van der Waals surface area contributed by atoms with Crippen molar-refractivity contribution in [1.82, 2.24) is 0 Å². The van der Waals surface area contributed by atoms with Crippen LogP contribution in [0.4, 0.5) is 4.39 Å². The van der Waals surface area contributed by atoms with Gasteiger partial charge in [0, 0.05) is 16.1 Å². The second-order valence-electron chi connectivity index (χ2n) is 6.84. The summed E-state index contributed by atoms with van der Waals surface area (Å²) in [5, 5.41) is 0. The predicted molar refractivity (Wildman–Crippen MR) is 116 cm³/mol. The molecule has 156 valence electrons. The largest absolute Gasteiger partial charge is 0.496 e. The number of benzene rings is 3. The lowest BCUT2D eigenvalue weighted by molar-refractivity contribution is 0.0734. The van der Waals surface area contributed by atoms with Gasteiger partial charge in [0.1, 0.15) is 23.1 Å². The predicted octanol–water partition coefficient (Wildman–Crippen LogP) is 5.74. The quantitative estimate of drug-likeness (QED) is 0.269. The molecule has 3 aromatic carbocycles. The molecule has 0 saturated carbocycles. The number of carbonyl (C=O) groups is 2. The van der Waals surface area contributed by atoms with Gasteiger partial charge < -0.3 is 14.2 Å². The van der Waals surface area contributed by atoms with Crippen molar-refractivity contribution in [3.8, 4) is 17.2 Å². The number of methoxy groups -OCH3 is 1. The van der Waals surface area contributed by atoms with Crippen molar-refractivity contribution in [2.24, 2.45) is 0 Å². The average Bonchev–Trinajstić information content (AvgIpc) is 3.04. The molecule has 0 amide bonds. The van der Waals surface area contributed by atoms with Gasteiger partial charge in [0.15, 0.2) is 5.76 Å². The Bertz CT molecular complexity index is 1230. The van der Waals surface area contributed by atoms with Crippen LogP contribution in [0.1, 0.15) is 31.8 Å². The monoisotopic (exact) mass is 482 g/mol. The minimum absolute atomic E-state index is 0.136. The summed E-state index contributed by atoms with van der Waals surface area (Å²) in [7, 11) is 1.54. The standard InChI is InChI=1S/C24H16BrFO5/c1-13-9-18(30-24(28)14-3-6-17(26)7-4-14)12-20-22(13)23(27)21(31-20)11-15-10-16(25)5-8-19(15)29-2/h3-12H,1-2H3/b21-11-. The van der Waals surface area contributed by atoms with Gasteiger partial charge in [0.2, 0.25) is 5.78 Å². The summed E-state index contributed by atoms with van der Waals surface area (Å²) in [4.78, 5) is 25.2. The summed E-state index contributed by atoms with van der Waals surface area (Å²) in [6.07, 6.45) is 1.61. The fourth-order valence-electron chi connectivity index (χ4n) is 3.25. The Morgan fingerprint density at radius 1 is 1.10 bits per heavy atom. The van der Waals surface area contributed by atoms with Crippen molar-refractivity contribution in [3.63, 3.8) is 0 Å². The summed E-state index contributed by atoms with van der Waals surface area (Å²) >= 11 is 3.41. The van der Waals surface area contributed by atoms with Crippen LogP contribution in [-0.4, -0.2) is 18.9 Å². The number of hydrogen-bond acceptors (Lipinski definition) is 5. The molecule has 1 aliphatic heterocycles. The van der Waals surface area contributed by atoms with Crippen LogP contribution in [0.25, 0.3) is 6.08 Å². The van der Waals surface area contributed by atoms with Crippen molar-refractivity contribution >= 4 is 33.8 Å². The van der Waals surface area contributed by atoms with Crippen LogP contribution >= 0.6 is 15.9 Å². The van der Waals surface area contributed by atoms with Gasteiger partial charge in [0.25, 0.3) is 0 Å². The molecule has 7 heteroatoms. The molecule has 3 aromatic rings. The molecule has 4 rings (SSSR count). The molecule has 0 spiro atoms. The van der Waals surface area contributed by atoms with E-state index in [1.54, 1.807) is 32.2 Å². The van der Waals surface area contributed by atoms with E-state index in [0.29, 0.717) is 28.2 Å². The van der Waals surface area contributed by atoms with E-state index in [1.807, 2.05) is 12.1 Å². The second kappa shape index (κ2) is 8.35. The van der Waals surface area contributed by atoms with Crippen LogP contribution in [0.15, 0.2) is 64.8 Å². The molecule has 0 radical (unpaired) electrons. The fraction of sp³-hybridized carbons (Fsp3) is 0.0833. The number of aryl methyl sites for hydroxylation is 1. The molecule has 0 aromatic heterocycles. The summed E-state index contributed by atoms with van der Waals surface area (Å²) in [6.45, 7) is 1.73. The lowest BCUT2D eigenvalue weighted by Gasteiger charge is -2.08. The second-order valence-corrected chi connectivity index (χ2v) is 7.75. The van der Waals surface area contributed by atoms with Crippen molar-refractivity contribution < 1.29 is 28.2 Å². The van der Waals surface area contributed by atoms with E-state index in [4.69, 9.17) is 14.2 Å². The molecule has 0 unspecified atom stereocenters. The van der Waals surface area contributed by atoms with Crippen molar-refractivity contribution in [3.05, 3.63) is 92.9 Å². The third-order valence-corrected chi connectivity index (χ3v) is 5.21. The van der Waals surface area contributed by atoms with Gasteiger partial charge in [-0.2, -0.15) is 0 Å². The molecule has 1 heterocycles. The first-order valence-electron chi connectivity index (χ1n) is 9.26. The summed E-state index contributed by atoms with van der Waals surface area (Å²) in [6, 6.07) is 13.5. The highest BCUT2D eigenvalue weighted by atomic mass is 79.9. The maximum atomic E-state index is 13.1. The van der Waals surface area contributed by atoms with E-state index in [2.05, 4.69) is 15.9 Å². The highest BCUT2D eigenvalue weighted by Crippen LogP contribution is 2.38. The van der Waals surface area contributed by atoms with Crippen LogP contribution in [0.5, 0.6) is 17.2 Å². The van der Waals surface area contributed by atoms with E-state index in [-0.39, 0.29) is 22.9 Å². The molecule has 1 aliphatic rings. The summed E-state index contributed by atoms with van der Waals surface area (Å²) < 4.78 is 30.4. The van der Waals surface area contributed by atoms with Crippen molar-refractivity contribution in [2.75, 3.05) is 7.11 Å². The van der Waals surface area contributed by atoms with Crippen molar-refractivity contribution in [1.29, 1.82) is 0 Å². The number of carbonyl (C=O) groups excluding carboxylic acids is 2. The number of fused-ring (bicyclic) bond motifs is 1. The van der Waals surface area contributed by atoms with Crippen LogP contribution in [0, 0.1) is 12.7 Å². The van der Waals surface area contributed by atoms with E-state index < -0.39 is 11.8 Å². The SMILES string of the molecule is COc1ccc(Br)cc1/C=C1\Oc2cc(OC(=O)c3ccc(F)cc3)cc(C)c2C1=O. The van der Waals surface area contributed by atoms with Gasteiger partial charge in [-0.1, -0.05) is 15.9 Å².